The van der Waals surface area contributed by atoms with Gasteiger partial charge in [0.15, 0.2) is 23.0 Å². The van der Waals surface area contributed by atoms with Crippen LogP contribution in [0.3, 0.4) is 0 Å². The first-order valence-corrected chi connectivity index (χ1v) is 8.99. The van der Waals surface area contributed by atoms with E-state index in [2.05, 4.69) is 0 Å². The maximum absolute atomic E-state index is 10.8. The maximum atomic E-state index is 10.8. The van der Waals surface area contributed by atoms with E-state index in [4.69, 9.17) is 18.9 Å². The third-order valence-corrected chi connectivity index (χ3v) is 4.83. The molecular formula is C22H30O5. The van der Waals surface area contributed by atoms with Crippen LogP contribution in [0.2, 0.25) is 0 Å². The van der Waals surface area contributed by atoms with Gasteiger partial charge < -0.3 is 24.1 Å². The lowest BCUT2D eigenvalue weighted by atomic mass is 9.80. The van der Waals surface area contributed by atoms with Gasteiger partial charge in [0.25, 0.3) is 0 Å². The van der Waals surface area contributed by atoms with Crippen molar-refractivity contribution in [3.05, 3.63) is 47.5 Å². The minimum Gasteiger partial charge on any atom is -0.493 e. The molecule has 0 fully saturated rings. The van der Waals surface area contributed by atoms with Gasteiger partial charge in [-0.05, 0) is 62.1 Å². The molecule has 5 nitrogen and oxygen atoms in total. The number of ether oxygens (including phenoxy) is 4. The van der Waals surface area contributed by atoms with Crippen LogP contribution in [0.4, 0.5) is 0 Å². The van der Waals surface area contributed by atoms with Gasteiger partial charge >= 0.3 is 0 Å². The highest BCUT2D eigenvalue weighted by molar-refractivity contribution is 5.45. The van der Waals surface area contributed by atoms with Crippen molar-refractivity contribution in [1.82, 2.24) is 0 Å². The van der Waals surface area contributed by atoms with Crippen LogP contribution < -0.4 is 18.9 Å². The summed E-state index contributed by atoms with van der Waals surface area (Å²) in [6.45, 7) is 3.67. The van der Waals surface area contributed by atoms with Crippen LogP contribution in [-0.2, 0) is 6.42 Å². The maximum Gasteiger partial charge on any atom is 0.160 e. The Labute approximate surface area is 161 Å². The molecule has 0 amide bonds. The Bertz CT molecular complexity index is 749. The molecule has 1 atom stereocenters. The molecule has 0 aliphatic carbocycles. The number of aryl methyl sites for hydroxylation is 1. The molecule has 0 spiro atoms. The highest BCUT2D eigenvalue weighted by atomic mass is 16.5. The van der Waals surface area contributed by atoms with Gasteiger partial charge in [-0.15, -0.1) is 0 Å². The van der Waals surface area contributed by atoms with Gasteiger partial charge in [-0.3, -0.25) is 0 Å². The summed E-state index contributed by atoms with van der Waals surface area (Å²) in [5.41, 5.74) is 1.26. The molecule has 0 saturated heterocycles. The third kappa shape index (κ3) is 5.07. The van der Waals surface area contributed by atoms with Crippen LogP contribution in [-0.4, -0.2) is 39.1 Å². The number of rotatable bonds is 9. The first-order valence-electron chi connectivity index (χ1n) is 8.99. The number of hydrogen-bond donors (Lipinski definition) is 1. The lowest BCUT2D eigenvalue weighted by molar-refractivity contribution is 0.0465. The standard InChI is InChI=1S/C22H30O5/c1-22(2,23)17(16-9-12-19(25-4)21(14-16)27-6)10-7-15-8-11-18(24-3)20(13-15)26-5/h8-9,11-14,17,23H,7,10H2,1-6H3. The zero-order valence-corrected chi connectivity index (χ0v) is 17.0. The summed E-state index contributed by atoms with van der Waals surface area (Å²) < 4.78 is 21.4. The summed E-state index contributed by atoms with van der Waals surface area (Å²) in [6, 6.07) is 11.7. The molecule has 0 heterocycles. The average molecular weight is 374 g/mol. The Hall–Kier alpha value is -2.40. The topological polar surface area (TPSA) is 57.2 Å². The molecule has 0 saturated carbocycles. The van der Waals surface area contributed by atoms with Crippen molar-refractivity contribution >= 4 is 0 Å². The number of methoxy groups -OCH3 is 4. The van der Waals surface area contributed by atoms with Crippen LogP contribution >= 0.6 is 0 Å². The van der Waals surface area contributed by atoms with Crippen molar-refractivity contribution in [2.75, 3.05) is 28.4 Å². The molecule has 2 aromatic rings. The zero-order valence-electron chi connectivity index (χ0n) is 17.0. The second-order valence-corrected chi connectivity index (χ2v) is 7.05. The first-order chi connectivity index (χ1) is 12.8. The van der Waals surface area contributed by atoms with E-state index in [0.717, 1.165) is 24.0 Å². The fraction of sp³-hybridized carbons (Fsp3) is 0.455. The molecule has 27 heavy (non-hydrogen) atoms. The van der Waals surface area contributed by atoms with Crippen molar-refractivity contribution in [2.45, 2.75) is 38.2 Å². The molecule has 0 aliphatic rings. The van der Waals surface area contributed by atoms with Gasteiger partial charge in [-0.25, -0.2) is 0 Å². The SMILES string of the molecule is COc1ccc(CCC(c2ccc(OC)c(OC)c2)C(C)(C)O)cc1OC. The van der Waals surface area contributed by atoms with E-state index >= 15 is 0 Å². The molecule has 0 aliphatic heterocycles. The van der Waals surface area contributed by atoms with Gasteiger partial charge in [0.05, 0.1) is 34.0 Å². The van der Waals surface area contributed by atoms with Crippen molar-refractivity contribution in [3.63, 3.8) is 0 Å². The van der Waals surface area contributed by atoms with Crippen LogP contribution in [0.5, 0.6) is 23.0 Å². The van der Waals surface area contributed by atoms with Crippen molar-refractivity contribution in [3.8, 4) is 23.0 Å². The van der Waals surface area contributed by atoms with Crippen molar-refractivity contribution in [1.29, 1.82) is 0 Å². The molecule has 5 heteroatoms. The molecule has 0 radical (unpaired) electrons. The molecule has 0 bridgehead atoms. The van der Waals surface area contributed by atoms with E-state index in [1.54, 1.807) is 28.4 Å². The lowest BCUT2D eigenvalue weighted by Gasteiger charge is -2.30. The second-order valence-electron chi connectivity index (χ2n) is 7.05. The molecule has 0 aromatic heterocycles. The Morgan fingerprint density at radius 2 is 1.30 bits per heavy atom. The molecule has 148 valence electrons. The summed E-state index contributed by atoms with van der Waals surface area (Å²) in [4.78, 5) is 0. The minimum absolute atomic E-state index is 0.0644. The fourth-order valence-electron chi connectivity index (χ4n) is 3.34. The molecule has 1 unspecified atom stereocenters. The average Bonchev–Trinajstić information content (AvgIpc) is 2.66. The van der Waals surface area contributed by atoms with E-state index < -0.39 is 5.60 Å². The van der Waals surface area contributed by atoms with Gasteiger partial charge in [-0.2, -0.15) is 0 Å². The monoisotopic (exact) mass is 374 g/mol. The minimum atomic E-state index is -0.879. The Morgan fingerprint density at radius 3 is 1.81 bits per heavy atom. The van der Waals surface area contributed by atoms with E-state index in [1.807, 2.05) is 50.2 Å². The fourth-order valence-corrected chi connectivity index (χ4v) is 3.34. The summed E-state index contributed by atoms with van der Waals surface area (Å²) in [6.07, 6.45) is 1.57. The molecule has 2 aromatic carbocycles. The summed E-state index contributed by atoms with van der Waals surface area (Å²) >= 11 is 0. The Balaban J connectivity index is 2.26. The smallest absolute Gasteiger partial charge is 0.160 e. The Morgan fingerprint density at radius 1 is 0.778 bits per heavy atom. The molecule has 1 N–H and O–H groups in total. The molecule has 2 rings (SSSR count). The normalized spacial score (nSPS) is 12.4. The summed E-state index contributed by atoms with van der Waals surface area (Å²) in [5.74, 6) is 2.69. The summed E-state index contributed by atoms with van der Waals surface area (Å²) in [5, 5.41) is 10.8. The Kier molecular flexibility index (Phi) is 6.97. The van der Waals surface area contributed by atoms with Crippen LogP contribution in [0.15, 0.2) is 36.4 Å². The lowest BCUT2D eigenvalue weighted by Crippen LogP contribution is -2.29. The van der Waals surface area contributed by atoms with Crippen molar-refractivity contribution < 1.29 is 24.1 Å². The van der Waals surface area contributed by atoms with E-state index in [9.17, 15) is 5.11 Å². The van der Waals surface area contributed by atoms with E-state index in [1.165, 1.54) is 0 Å². The third-order valence-electron chi connectivity index (χ3n) is 4.83. The van der Waals surface area contributed by atoms with Gasteiger partial charge in [-0.1, -0.05) is 12.1 Å². The van der Waals surface area contributed by atoms with Gasteiger partial charge in [0.1, 0.15) is 0 Å². The second kappa shape index (κ2) is 9.00. The number of aliphatic hydroxyl groups is 1. The van der Waals surface area contributed by atoms with Gasteiger partial charge in [0.2, 0.25) is 0 Å². The summed E-state index contributed by atoms with van der Waals surface area (Å²) in [7, 11) is 6.48. The quantitative estimate of drug-likeness (QED) is 0.713. The van der Waals surface area contributed by atoms with E-state index in [-0.39, 0.29) is 5.92 Å². The predicted molar refractivity (Wildman–Crippen MR) is 106 cm³/mol. The first kappa shape index (κ1) is 20.9. The van der Waals surface area contributed by atoms with Crippen LogP contribution in [0, 0.1) is 0 Å². The van der Waals surface area contributed by atoms with E-state index in [0.29, 0.717) is 23.0 Å². The predicted octanol–water partition coefficient (Wildman–Crippen LogP) is 4.21. The van der Waals surface area contributed by atoms with Crippen LogP contribution in [0.25, 0.3) is 0 Å². The highest BCUT2D eigenvalue weighted by Gasteiger charge is 2.29. The largest absolute Gasteiger partial charge is 0.493 e. The van der Waals surface area contributed by atoms with Gasteiger partial charge in [0, 0.05) is 5.92 Å². The number of benzene rings is 2. The molecular weight excluding hydrogens is 344 g/mol. The number of hydrogen-bond acceptors (Lipinski definition) is 5. The zero-order chi connectivity index (χ0) is 20.0. The highest BCUT2D eigenvalue weighted by Crippen LogP contribution is 2.38. The van der Waals surface area contributed by atoms with Crippen molar-refractivity contribution in [2.24, 2.45) is 0 Å². The van der Waals surface area contributed by atoms with Crippen LogP contribution in [0.1, 0.15) is 37.3 Å².